The van der Waals surface area contributed by atoms with Gasteiger partial charge in [0.05, 0.1) is 5.56 Å². The van der Waals surface area contributed by atoms with Gasteiger partial charge in [0, 0.05) is 77.4 Å². The van der Waals surface area contributed by atoms with Gasteiger partial charge in [0.25, 0.3) is 20.2 Å². The summed E-state index contributed by atoms with van der Waals surface area (Å²) in [5.74, 6) is 0.270. The number of benzene rings is 6. The monoisotopic (exact) mass is 914 g/mol. The number of fused-ring (bicyclic) bond motifs is 6. The lowest BCUT2D eigenvalue weighted by atomic mass is 9.96. The molecule has 0 bridgehead atoms. The van der Waals surface area contributed by atoms with Crippen molar-refractivity contribution in [3.8, 4) is 5.75 Å². The second-order valence-corrected chi connectivity index (χ2v) is 19.3. The smallest absolute Gasteiger partial charge is 0.338 e. The summed E-state index contributed by atoms with van der Waals surface area (Å²) >= 11 is 0. The van der Waals surface area contributed by atoms with E-state index in [1.54, 1.807) is 36.4 Å². The Morgan fingerprint density at radius 2 is 1.35 bits per heavy atom. The number of aromatic nitrogens is 1. The van der Waals surface area contributed by atoms with Crippen LogP contribution in [0.5, 0.6) is 5.75 Å². The van der Waals surface area contributed by atoms with Gasteiger partial charge in [0.1, 0.15) is 32.8 Å². The molecule has 2 aliphatic heterocycles. The summed E-state index contributed by atoms with van der Waals surface area (Å²) in [7, 11) is -6.72. The van der Waals surface area contributed by atoms with E-state index in [2.05, 4.69) is 71.1 Å². The van der Waals surface area contributed by atoms with Crippen molar-refractivity contribution in [2.45, 2.75) is 61.3 Å². The first-order valence-electron chi connectivity index (χ1n) is 20.8. The van der Waals surface area contributed by atoms with Gasteiger partial charge in [-0.05, 0) is 80.1 Å². The van der Waals surface area contributed by atoms with Crippen molar-refractivity contribution in [2.75, 3.05) is 13.6 Å². The maximum Gasteiger partial charge on any atom is 0.338 e. The predicted molar refractivity (Wildman–Crippen MR) is 248 cm³/mol. The fourth-order valence-corrected chi connectivity index (χ4v) is 9.73. The Bertz CT molecular complexity index is 3280. The second kappa shape index (κ2) is 18.1. The molecule has 65 heavy (non-hydrogen) atoms. The van der Waals surface area contributed by atoms with E-state index in [0.29, 0.717) is 23.3 Å². The van der Waals surface area contributed by atoms with Crippen molar-refractivity contribution in [3.63, 3.8) is 0 Å². The Hall–Kier alpha value is -6.62. The molecule has 8 aromatic rings. The minimum atomic E-state index is -4.47. The maximum absolute atomic E-state index is 12.4. The van der Waals surface area contributed by atoms with Gasteiger partial charge in [-0.3, -0.25) is 9.11 Å². The Kier molecular flexibility index (Phi) is 12.5. The Morgan fingerprint density at radius 3 is 2.00 bits per heavy atom. The molecule has 13 nitrogen and oxygen atoms in total. The molecular weight excluding hydrogens is 869 g/mol. The fraction of sp³-hybridized carbons (Fsp3) is 0.200. The second-order valence-electron chi connectivity index (χ2n) is 16.5. The van der Waals surface area contributed by atoms with E-state index in [1.807, 2.05) is 26.0 Å². The van der Waals surface area contributed by atoms with Crippen LogP contribution in [0, 0.1) is 0 Å². The predicted octanol–water partition coefficient (Wildman–Crippen LogP) is 8.74. The van der Waals surface area contributed by atoms with Crippen LogP contribution in [0.25, 0.3) is 32.6 Å². The number of carbonyl (C=O) groups excluding carboxylic acids is 1. The van der Waals surface area contributed by atoms with Crippen LogP contribution >= 0.6 is 0 Å². The van der Waals surface area contributed by atoms with Crippen molar-refractivity contribution in [3.05, 3.63) is 184 Å². The molecule has 0 radical (unpaired) electrons. The van der Waals surface area contributed by atoms with Crippen LogP contribution in [0.4, 0.5) is 0 Å². The van der Waals surface area contributed by atoms with Gasteiger partial charge < -0.3 is 23.4 Å². The minimum Gasteiger partial charge on any atom is -0.485 e. The summed E-state index contributed by atoms with van der Waals surface area (Å²) in [6.45, 7) is 6.87. The van der Waals surface area contributed by atoms with Crippen LogP contribution in [-0.2, 0) is 50.9 Å². The fourth-order valence-electron chi connectivity index (χ4n) is 8.32. The van der Waals surface area contributed by atoms with E-state index in [0.717, 1.165) is 49.1 Å². The molecule has 0 fully saturated rings. The van der Waals surface area contributed by atoms with E-state index >= 15 is 0 Å². The van der Waals surface area contributed by atoms with Gasteiger partial charge >= 0.3 is 11.6 Å². The molecule has 15 heteroatoms. The van der Waals surface area contributed by atoms with E-state index in [9.17, 15) is 26.4 Å². The number of likely N-dealkylation sites (N-methyl/N-ethyl adjacent to an activating group) is 1. The normalized spacial score (nSPS) is 14.9. The van der Waals surface area contributed by atoms with Crippen LogP contribution in [0.15, 0.2) is 165 Å². The van der Waals surface area contributed by atoms with Crippen molar-refractivity contribution in [1.29, 1.82) is 0 Å². The molecule has 0 aliphatic carbocycles. The highest BCUT2D eigenvalue weighted by Gasteiger charge is 2.40. The van der Waals surface area contributed by atoms with Crippen LogP contribution in [0.1, 0.15) is 46.6 Å². The molecule has 1 atom stereocenters. The number of hydrogen-bond acceptors (Lipinski definition) is 10. The van der Waals surface area contributed by atoms with Gasteiger partial charge in [-0.1, -0.05) is 91.0 Å². The molecule has 2 N–H and O–H groups in total. The van der Waals surface area contributed by atoms with Crippen LogP contribution in [-0.4, -0.2) is 66.7 Å². The van der Waals surface area contributed by atoms with E-state index in [1.165, 1.54) is 58.1 Å². The van der Waals surface area contributed by atoms with E-state index < -0.39 is 41.3 Å². The van der Waals surface area contributed by atoms with Gasteiger partial charge in [-0.25, -0.2) is 9.59 Å². The standard InChI is InChI=1S/C21H18O5.C19H20N2.C10H8O6S2/c1-21(2,26-20(23)13-6-4-3-5-7-13)18-11-15-10-14-8-9-19(22)25-16(14)12-17(15)24-18;1-20-12-11-19-17(14-20)16-9-5-6-10-18(16)21(19)13-15-7-3-2-4-8-15;11-17(12,13)9-5-1-3-7-8(9)4-2-6-10(7)18(14,15)16/h3-10,12,18H,11H2,1-2H3;2-10H,11-14H2,1H3;1-6H,(H,11,12,13)(H,14,15,16). The third-order valence-electron chi connectivity index (χ3n) is 11.6. The van der Waals surface area contributed by atoms with Crippen molar-refractivity contribution < 1.29 is 44.6 Å². The van der Waals surface area contributed by atoms with Gasteiger partial charge in [0.15, 0.2) is 0 Å². The largest absolute Gasteiger partial charge is 0.485 e. The van der Waals surface area contributed by atoms with Crippen LogP contribution in [0.3, 0.4) is 0 Å². The summed E-state index contributed by atoms with van der Waals surface area (Å²) in [4.78, 5) is 25.4. The zero-order valence-electron chi connectivity index (χ0n) is 35.7. The molecule has 0 saturated carbocycles. The minimum absolute atomic E-state index is 0.0233. The average molecular weight is 915 g/mol. The topological polar surface area (TPSA) is 183 Å². The molecule has 1 unspecified atom stereocenters. The highest BCUT2D eigenvalue weighted by molar-refractivity contribution is 7.86. The molecule has 2 aliphatic rings. The number of nitrogens with zero attached hydrogens (tertiary/aromatic N) is 2. The van der Waals surface area contributed by atoms with Crippen molar-refractivity contribution in [1.82, 2.24) is 9.47 Å². The van der Waals surface area contributed by atoms with E-state index in [-0.39, 0.29) is 22.8 Å². The van der Waals surface area contributed by atoms with Crippen LogP contribution in [0.2, 0.25) is 0 Å². The zero-order valence-corrected chi connectivity index (χ0v) is 37.4. The number of rotatable bonds is 7. The summed E-state index contributed by atoms with van der Waals surface area (Å²) in [6, 6.07) is 42.8. The van der Waals surface area contributed by atoms with Gasteiger partial charge in [0.2, 0.25) is 0 Å². The maximum atomic E-state index is 12.4. The zero-order chi connectivity index (χ0) is 46.1. The number of hydrogen-bond donors (Lipinski definition) is 2. The first kappa shape index (κ1) is 45.0. The Morgan fingerprint density at radius 1 is 0.754 bits per heavy atom. The lowest BCUT2D eigenvalue weighted by molar-refractivity contribution is -0.0517. The van der Waals surface area contributed by atoms with Crippen molar-refractivity contribution >= 4 is 58.9 Å². The summed E-state index contributed by atoms with van der Waals surface area (Å²) in [5.41, 5.74) is 6.57. The molecular formula is C50H46N2O11S2. The molecule has 6 aromatic carbocycles. The quantitative estimate of drug-likeness (QED) is 0.0883. The third kappa shape index (κ3) is 9.89. The van der Waals surface area contributed by atoms with E-state index in [4.69, 9.17) is 23.0 Å². The third-order valence-corrected chi connectivity index (χ3v) is 13.4. The average Bonchev–Trinajstić information content (AvgIpc) is 3.84. The highest BCUT2D eigenvalue weighted by Crippen LogP contribution is 2.38. The number of ether oxygens (including phenoxy) is 2. The number of esters is 1. The molecule has 0 amide bonds. The summed E-state index contributed by atoms with van der Waals surface area (Å²) in [6.07, 6.45) is 1.43. The highest BCUT2D eigenvalue weighted by atomic mass is 32.2. The SMILES string of the molecule is CC(C)(OC(=O)c1ccccc1)C1Cc2cc3ccc(=O)oc3cc2O1.CN1CCc2c(c3ccccc3n2Cc2ccccc2)C1.O=S(=O)(O)c1cccc2c(S(=O)(=O)O)cccc12. The molecule has 2 aromatic heterocycles. The van der Waals surface area contributed by atoms with Crippen LogP contribution < -0.4 is 10.4 Å². The molecule has 10 rings (SSSR count). The first-order chi connectivity index (χ1) is 31.0. The van der Waals surface area contributed by atoms with Gasteiger partial charge in [-0.2, -0.15) is 16.8 Å². The lowest BCUT2D eigenvalue weighted by Gasteiger charge is -2.30. The molecule has 4 heterocycles. The Balaban J connectivity index is 0.000000135. The van der Waals surface area contributed by atoms with Gasteiger partial charge in [-0.15, -0.1) is 0 Å². The Labute approximate surface area is 376 Å². The molecule has 334 valence electrons. The van der Waals surface area contributed by atoms with Crippen molar-refractivity contribution in [2.24, 2.45) is 0 Å². The summed E-state index contributed by atoms with van der Waals surface area (Å²) in [5, 5.41) is 2.31. The number of para-hydroxylation sites is 1. The lowest BCUT2D eigenvalue weighted by Crippen LogP contribution is -2.43. The summed E-state index contributed by atoms with van der Waals surface area (Å²) < 4.78 is 82.2. The number of carbonyl (C=O) groups is 1. The first-order valence-corrected chi connectivity index (χ1v) is 23.6. The molecule has 0 spiro atoms. The molecule has 0 saturated heterocycles.